The van der Waals surface area contributed by atoms with Gasteiger partial charge in [-0.25, -0.2) is 9.69 Å². The lowest BCUT2D eigenvalue weighted by Gasteiger charge is -2.34. The molecule has 0 saturated carbocycles. The number of nitrogens with zero attached hydrogens (tertiary/aromatic N) is 2. The monoisotopic (exact) mass is 332 g/mol. The summed E-state index contributed by atoms with van der Waals surface area (Å²) in [6.45, 7) is 3.33. The topological polar surface area (TPSA) is 76.2 Å². The van der Waals surface area contributed by atoms with Crippen molar-refractivity contribution in [2.24, 2.45) is 0 Å². The maximum absolute atomic E-state index is 12.5. The van der Waals surface area contributed by atoms with Gasteiger partial charge in [-0.3, -0.25) is 9.59 Å². The van der Waals surface area contributed by atoms with Crippen LogP contribution < -0.4 is 4.74 Å². The normalized spacial score (nSPS) is 18.7. The van der Waals surface area contributed by atoms with E-state index in [4.69, 9.17) is 9.47 Å². The molecule has 2 heterocycles. The summed E-state index contributed by atoms with van der Waals surface area (Å²) in [6, 6.07) is 6.88. The van der Waals surface area contributed by atoms with Crippen LogP contribution in [-0.2, 0) is 9.53 Å². The highest BCUT2D eigenvalue weighted by atomic mass is 16.6. The van der Waals surface area contributed by atoms with Gasteiger partial charge in [-0.05, 0) is 44.0 Å². The van der Waals surface area contributed by atoms with Crippen molar-refractivity contribution in [2.45, 2.75) is 25.8 Å². The molecule has 2 saturated heterocycles. The quantitative estimate of drug-likeness (QED) is 0.838. The Labute approximate surface area is 140 Å². The number of cyclic esters (lactones) is 1. The van der Waals surface area contributed by atoms with Crippen LogP contribution in [0.5, 0.6) is 5.75 Å². The summed E-state index contributed by atoms with van der Waals surface area (Å²) in [5.74, 6) is 0.391. The molecule has 0 aliphatic carbocycles. The largest absolute Gasteiger partial charge is 0.494 e. The van der Waals surface area contributed by atoms with E-state index in [1.165, 1.54) is 4.90 Å². The molecule has 0 N–H and O–H groups in total. The zero-order valence-corrected chi connectivity index (χ0v) is 13.6. The molecule has 0 aromatic heterocycles. The van der Waals surface area contributed by atoms with Crippen molar-refractivity contribution in [1.82, 2.24) is 9.80 Å². The van der Waals surface area contributed by atoms with Crippen molar-refractivity contribution in [3.8, 4) is 5.75 Å². The summed E-state index contributed by atoms with van der Waals surface area (Å²) in [6.07, 6.45) is 0.573. The third-order valence-electron chi connectivity index (χ3n) is 4.31. The Morgan fingerprint density at radius 2 is 1.88 bits per heavy atom. The average Bonchev–Trinajstić information content (AvgIpc) is 2.94. The second kappa shape index (κ2) is 6.90. The summed E-state index contributed by atoms with van der Waals surface area (Å²) in [4.78, 5) is 38.8. The molecule has 128 valence electrons. The maximum Gasteiger partial charge on any atom is 0.417 e. The molecule has 0 bridgehead atoms. The van der Waals surface area contributed by atoms with Gasteiger partial charge in [0.1, 0.15) is 5.75 Å². The molecule has 7 heteroatoms. The first-order chi connectivity index (χ1) is 11.6. The maximum atomic E-state index is 12.5. The predicted molar refractivity (Wildman–Crippen MR) is 84.7 cm³/mol. The van der Waals surface area contributed by atoms with Crippen LogP contribution in [0, 0.1) is 0 Å². The molecular weight excluding hydrogens is 312 g/mol. The molecule has 0 radical (unpaired) electrons. The number of hydrogen-bond donors (Lipinski definition) is 0. The summed E-state index contributed by atoms with van der Waals surface area (Å²) in [5, 5.41) is 0. The van der Waals surface area contributed by atoms with Gasteiger partial charge in [0.15, 0.2) is 6.61 Å². The van der Waals surface area contributed by atoms with Crippen molar-refractivity contribution < 1.29 is 23.9 Å². The van der Waals surface area contributed by atoms with Gasteiger partial charge in [0.2, 0.25) is 0 Å². The second-order valence-electron chi connectivity index (χ2n) is 5.80. The van der Waals surface area contributed by atoms with E-state index in [1.54, 1.807) is 29.2 Å². The fourth-order valence-electron chi connectivity index (χ4n) is 3.09. The highest BCUT2D eigenvalue weighted by Gasteiger charge is 2.39. The SMILES string of the molecule is CCOc1ccc(C(=O)N2CCC(N3C(=O)COC3=O)CC2)cc1. The van der Waals surface area contributed by atoms with E-state index in [0.29, 0.717) is 38.1 Å². The van der Waals surface area contributed by atoms with E-state index in [0.717, 1.165) is 5.75 Å². The van der Waals surface area contributed by atoms with Crippen LogP contribution in [-0.4, -0.2) is 60.1 Å². The van der Waals surface area contributed by atoms with Crippen molar-refractivity contribution >= 4 is 17.9 Å². The number of ether oxygens (including phenoxy) is 2. The van der Waals surface area contributed by atoms with E-state index < -0.39 is 6.09 Å². The molecule has 3 amide bonds. The summed E-state index contributed by atoms with van der Waals surface area (Å²) in [5.41, 5.74) is 0.605. The first-order valence-corrected chi connectivity index (χ1v) is 8.11. The molecular formula is C17H20N2O5. The minimum absolute atomic E-state index is 0.0492. The van der Waals surface area contributed by atoms with Gasteiger partial charge in [0, 0.05) is 24.7 Å². The number of hydrogen-bond acceptors (Lipinski definition) is 5. The fraction of sp³-hybridized carbons (Fsp3) is 0.471. The highest BCUT2D eigenvalue weighted by molar-refractivity contribution is 5.98. The average molecular weight is 332 g/mol. The Morgan fingerprint density at radius 1 is 1.21 bits per heavy atom. The number of likely N-dealkylation sites (tertiary alicyclic amines) is 1. The predicted octanol–water partition coefficient (Wildman–Crippen LogP) is 1.67. The van der Waals surface area contributed by atoms with Gasteiger partial charge in [-0.2, -0.15) is 0 Å². The third-order valence-corrected chi connectivity index (χ3v) is 4.31. The van der Waals surface area contributed by atoms with E-state index in [-0.39, 0.29) is 24.5 Å². The van der Waals surface area contributed by atoms with E-state index >= 15 is 0 Å². The zero-order chi connectivity index (χ0) is 17.1. The van der Waals surface area contributed by atoms with Crippen LogP contribution in [0.15, 0.2) is 24.3 Å². The summed E-state index contributed by atoms with van der Waals surface area (Å²) in [7, 11) is 0. The molecule has 0 unspecified atom stereocenters. The minimum atomic E-state index is -0.573. The van der Waals surface area contributed by atoms with Gasteiger partial charge < -0.3 is 14.4 Å². The molecule has 7 nitrogen and oxygen atoms in total. The number of carbonyl (C=O) groups excluding carboxylic acids is 3. The van der Waals surface area contributed by atoms with Crippen molar-refractivity contribution in [3.63, 3.8) is 0 Å². The van der Waals surface area contributed by atoms with Gasteiger partial charge in [0.05, 0.1) is 6.61 Å². The number of benzene rings is 1. The van der Waals surface area contributed by atoms with Crippen LogP contribution in [0.3, 0.4) is 0 Å². The lowest BCUT2D eigenvalue weighted by Crippen LogP contribution is -2.48. The molecule has 2 aliphatic rings. The van der Waals surface area contributed by atoms with Crippen LogP contribution in [0.25, 0.3) is 0 Å². The molecule has 0 atom stereocenters. The Bertz CT molecular complexity index is 619. The van der Waals surface area contributed by atoms with Gasteiger partial charge >= 0.3 is 6.09 Å². The lowest BCUT2D eigenvalue weighted by atomic mass is 10.0. The summed E-state index contributed by atoms with van der Waals surface area (Å²) < 4.78 is 10.1. The molecule has 2 fully saturated rings. The zero-order valence-electron chi connectivity index (χ0n) is 13.6. The molecule has 1 aromatic carbocycles. The Kier molecular flexibility index (Phi) is 4.69. The smallest absolute Gasteiger partial charge is 0.417 e. The van der Waals surface area contributed by atoms with E-state index in [2.05, 4.69) is 0 Å². The lowest BCUT2D eigenvalue weighted by molar-refractivity contribution is -0.127. The number of imide groups is 1. The van der Waals surface area contributed by atoms with Gasteiger partial charge in [-0.15, -0.1) is 0 Å². The van der Waals surface area contributed by atoms with Crippen molar-refractivity contribution in [3.05, 3.63) is 29.8 Å². The van der Waals surface area contributed by atoms with E-state index in [1.807, 2.05) is 6.92 Å². The Morgan fingerprint density at radius 3 is 2.42 bits per heavy atom. The minimum Gasteiger partial charge on any atom is -0.494 e. The number of piperidine rings is 1. The van der Waals surface area contributed by atoms with Crippen molar-refractivity contribution in [1.29, 1.82) is 0 Å². The molecule has 2 aliphatic heterocycles. The first kappa shape index (κ1) is 16.3. The number of carbonyl (C=O) groups is 3. The van der Waals surface area contributed by atoms with Crippen LogP contribution in [0.4, 0.5) is 4.79 Å². The number of rotatable bonds is 4. The van der Waals surface area contributed by atoms with Crippen molar-refractivity contribution in [2.75, 3.05) is 26.3 Å². The first-order valence-electron chi connectivity index (χ1n) is 8.11. The van der Waals surface area contributed by atoms with Crippen LogP contribution >= 0.6 is 0 Å². The second-order valence-corrected chi connectivity index (χ2v) is 5.80. The summed E-state index contributed by atoms with van der Waals surface area (Å²) >= 11 is 0. The standard InChI is InChI=1S/C17H20N2O5/c1-2-23-14-5-3-12(4-6-14)16(21)18-9-7-13(8-10-18)19-15(20)11-24-17(19)22/h3-6,13H,2,7-11H2,1H3. The van der Waals surface area contributed by atoms with Crippen LogP contribution in [0.2, 0.25) is 0 Å². The van der Waals surface area contributed by atoms with E-state index in [9.17, 15) is 14.4 Å². The molecule has 3 rings (SSSR count). The third kappa shape index (κ3) is 3.20. The Hall–Kier alpha value is -2.57. The fourth-order valence-corrected chi connectivity index (χ4v) is 3.09. The Balaban J connectivity index is 1.59. The van der Waals surface area contributed by atoms with Gasteiger partial charge in [0.25, 0.3) is 11.8 Å². The molecule has 0 spiro atoms. The molecule has 24 heavy (non-hydrogen) atoms. The number of amides is 3. The highest BCUT2D eigenvalue weighted by Crippen LogP contribution is 2.22. The van der Waals surface area contributed by atoms with Crippen LogP contribution in [0.1, 0.15) is 30.1 Å². The van der Waals surface area contributed by atoms with Gasteiger partial charge in [-0.1, -0.05) is 0 Å². The molecule has 1 aromatic rings.